The van der Waals surface area contributed by atoms with E-state index in [4.69, 9.17) is 4.74 Å². The van der Waals surface area contributed by atoms with Crippen LogP contribution in [0.4, 0.5) is 0 Å². The minimum absolute atomic E-state index is 0.0600. The minimum Gasteiger partial charge on any atom is -0.507 e. The lowest BCUT2D eigenvalue weighted by Crippen LogP contribution is -2.44. The summed E-state index contributed by atoms with van der Waals surface area (Å²) in [5.74, 6) is 1.04. The lowest BCUT2D eigenvalue weighted by molar-refractivity contribution is -0.129. The number of benzene rings is 1. The van der Waals surface area contributed by atoms with Crippen molar-refractivity contribution in [1.82, 2.24) is 10.2 Å². The summed E-state index contributed by atoms with van der Waals surface area (Å²) in [7, 11) is 1.58. The molecule has 1 aliphatic heterocycles. The van der Waals surface area contributed by atoms with Crippen molar-refractivity contribution in [2.45, 2.75) is 38.8 Å². The number of phenolic OH excluding ortho intramolecular Hbond substituents is 1. The van der Waals surface area contributed by atoms with E-state index in [2.05, 4.69) is 5.32 Å². The number of methoxy groups -OCH3 is 1. The second-order valence-corrected chi connectivity index (χ2v) is 5.59. The molecule has 116 valence electrons. The highest BCUT2D eigenvalue weighted by molar-refractivity contribution is 5.73. The summed E-state index contributed by atoms with van der Waals surface area (Å²) in [6.45, 7) is 5.26. The molecule has 1 aromatic rings. The van der Waals surface area contributed by atoms with Crippen molar-refractivity contribution in [1.29, 1.82) is 0 Å². The van der Waals surface area contributed by atoms with Crippen LogP contribution in [0.25, 0.3) is 0 Å². The number of hydrogen-bond acceptors (Lipinski definition) is 4. The fraction of sp³-hybridized carbons (Fsp3) is 0.562. The third-order valence-electron chi connectivity index (χ3n) is 4.13. The molecule has 1 aliphatic rings. The molecule has 1 aromatic carbocycles. The van der Waals surface area contributed by atoms with E-state index < -0.39 is 0 Å². The van der Waals surface area contributed by atoms with Crippen LogP contribution in [-0.4, -0.2) is 42.2 Å². The van der Waals surface area contributed by atoms with Crippen LogP contribution in [0, 0.1) is 0 Å². The van der Waals surface area contributed by atoms with E-state index in [9.17, 15) is 9.90 Å². The van der Waals surface area contributed by atoms with Gasteiger partial charge in [0.25, 0.3) is 0 Å². The number of piperidine rings is 1. The number of carbonyl (C=O) groups excluding carboxylic acids is 1. The van der Waals surface area contributed by atoms with E-state index in [0.29, 0.717) is 11.8 Å². The van der Waals surface area contributed by atoms with E-state index in [1.807, 2.05) is 24.0 Å². The lowest BCUT2D eigenvalue weighted by atomic mass is 10.0. The average molecular weight is 292 g/mol. The Hall–Kier alpha value is -1.75. The van der Waals surface area contributed by atoms with Gasteiger partial charge in [-0.1, -0.05) is 6.07 Å². The van der Waals surface area contributed by atoms with Gasteiger partial charge in [0.15, 0.2) is 0 Å². The van der Waals surface area contributed by atoms with Crippen molar-refractivity contribution in [3.8, 4) is 11.5 Å². The number of carbonyl (C=O) groups is 1. The number of rotatable bonds is 4. The zero-order valence-corrected chi connectivity index (χ0v) is 12.9. The van der Waals surface area contributed by atoms with Crippen molar-refractivity contribution in [3.05, 3.63) is 23.8 Å². The van der Waals surface area contributed by atoms with Crippen molar-refractivity contribution in [2.75, 3.05) is 20.2 Å². The first-order chi connectivity index (χ1) is 10.0. The highest BCUT2D eigenvalue weighted by atomic mass is 16.5. The van der Waals surface area contributed by atoms with Crippen molar-refractivity contribution >= 4 is 5.91 Å². The molecular weight excluding hydrogens is 268 g/mol. The summed E-state index contributed by atoms with van der Waals surface area (Å²) in [4.78, 5) is 13.2. The highest BCUT2D eigenvalue weighted by Gasteiger charge is 2.22. The first kappa shape index (κ1) is 15.6. The minimum atomic E-state index is 0.0600. The maximum Gasteiger partial charge on any atom is 0.219 e. The Morgan fingerprint density at radius 2 is 2.10 bits per heavy atom. The molecule has 1 unspecified atom stereocenters. The number of likely N-dealkylation sites (tertiary alicyclic amines) is 1. The fourth-order valence-corrected chi connectivity index (χ4v) is 2.82. The molecule has 1 heterocycles. The molecule has 0 saturated carbocycles. The summed E-state index contributed by atoms with van der Waals surface area (Å²) in [6, 6.07) is 5.80. The molecule has 1 amide bonds. The molecule has 0 bridgehead atoms. The Balaban J connectivity index is 1.93. The Labute approximate surface area is 125 Å². The lowest BCUT2D eigenvalue weighted by Gasteiger charge is -2.33. The molecular formula is C16H24N2O3. The van der Waals surface area contributed by atoms with E-state index >= 15 is 0 Å². The van der Waals surface area contributed by atoms with Crippen molar-refractivity contribution in [3.63, 3.8) is 0 Å². The van der Waals surface area contributed by atoms with Gasteiger partial charge < -0.3 is 20.1 Å². The number of phenols is 1. The predicted molar refractivity (Wildman–Crippen MR) is 81.5 cm³/mol. The predicted octanol–water partition coefficient (Wildman–Crippen LogP) is 2.06. The molecule has 5 nitrogen and oxygen atoms in total. The number of ether oxygens (including phenoxy) is 1. The zero-order valence-electron chi connectivity index (χ0n) is 12.9. The smallest absolute Gasteiger partial charge is 0.219 e. The standard InChI is InChI=1S/C16H24N2O3/c1-11(15-5-4-14(21-3)10-16(15)20)17-13-6-8-18(9-7-13)12(2)19/h4-5,10-11,13,17,20H,6-9H2,1-3H3. The topological polar surface area (TPSA) is 61.8 Å². The van der Waals surface area contributed by atoms with Gasteiger partial charge in [0.05, 0.1) is 7.11 Å². The SMILES string of the molecule is COc1ccc(C(C)NC2CCN(C(C)=O)CC2)c(O)c1. The Morgan fingerprint density at radius 1 is 1.43 bits per heavy atom. The molecule has 5 heteroatoms. The number of hydrogen-bond donors (Lipinski definition) is 2. The highest BCUT2D eigenvalue weighted by Crippen LogP contribution is 2.29. The van der Waals surface area contributed by atoms with Gasteiger partial charge in [0, 0.05) is 43.7 Å². The average Bonchev–Trinajstić information content (AvgIpc) is 2.47. The molecule has 2 rings (SSSR count). The van der Waals surface area contributed by atoms with Crippen LogP contribution in [0.1, 0.15) is 38.3 Å². The van der Waals surface area contributed by atoms with Crippen LogP contribution in [0.15, 0.2) is 18.2 Å². The maximum atomic E-state index is 11.3. The first-order valence-corrected chi connectivity index (χ1v) is 7.39. The molecule has 1 fully saturated rings. The van der Waals surface area contributed by atoms with Gasteiger partial charge in [-0.25, -0.2) is 0 Å². The second-order valence-electron chi connectivity index (χ2n) is 5.59. The van der Waals surface area contributed by atoms with Crippen LogP contribution in [0.2, 0.25) is 0 Å². The summed E-state index contributed by atoms with van der Waals surface area (Å²) in [6.07, 6.45) is 1.89. The van der Waals surface area contributed by atoms with Gasteiger partial charge in [0.1, 0.15) is 11.5 Å². The quantitative estimate of drug-likeness (QED) is 0.892. The Morgan fingerprint density at radius 3 is 2.62 bits per heavy atom. The van der Waals surface area contributed by atoms with E-state index in [-0.39, 0.29) is 17.7 Å². The summed E-state index contributed by atoms with van der Waals surface area (Å²) in [5.41, 5.74) is 0.866. The fourth-order valence-electron chi connectivity index (χ4n) is 2.82. The Kier molecular flexibility index (Phi) is 5.07. The van der Waals surface area contributed by atoms with Crippen molar-refractivity contribution < 1.29 is 14.6 Å². The van der Waals surface area contributed by atoms with E-state index in [1.165, 1.54) is 0 Å². The largest absolute Gasteiger partial charge is 0.507 e. The van der Waals surface area contributed by atoms with Gasteiger partial charge in [0.2, 0.25) is 5.91 Å². The van der Waals surface area contributed by atoms with Crippen LogP contribution in [-0.2, 0) is 4.79 Å². The Bertz CT molecular complexity index is 496. The van der Waals surface area contributed by atoms with Gasteiger partial charge in [-0.05, 0) is 25.8 Å². The van der Waals surface area contributed by atoms with Gasteiger partial charge in [-0.15, -0.1) is 0 Å². The van der Waals surface area contributed by atoms with Crippen LogP contribution in [0.3, 0.4) is 0 Å². The third kappa shape index (κ3) is 3.88. The van der Waals surface area contributed by atoms with E-state index in [1.54, 1.807) is 20.1 Å². The summed E-state index contributed by atoms with van der Waals surface area (Å²) in [5, 5.41) is 13.6. The number of aromatic hydroxyl groups is 1. The molecule has 2 N–H and O–H groups in total. The van der Waals surface area contributed by atoms with Crippen molar-refractivity contribution in [2.24, 2.45) is 0 Å². The molecule has 0 aliphatic carbocycles. The summed E-state index contributed by atoms with van der Waals surface area (Å²) < 4.78 is 5.10. The molecule has 21 heavy (non-hydrogen) atoms. The molecule has 1 saturated heterocycles. The van der Waals surface area contributed by atoms with E-state index in [0.717, 1.165) is 31.5 Å². The van der Waals surface area contributed by atoms with Crippen LogP contribution in [0.5, 0.6) is 11.5 Å². The molecule has 1 atom stereocenters. The molecule has 0 aromatic heterocycles. The van der Waals surface area contributed by atoms with Crippen LogP contribution < -0.4 is 10.1 Å². The van der Waals surface area contributed by atoms with Crippen LogP contribution >= 0.6 is 0 Å². The first-order valence-electron chi connectivity index (χ1n) is 7.39. The van der Waals surface area contributed by atoms with Gasteiger partial charge in [-0.3, -0.25) is 4.79 Å². The maximum absolute atomic E-state index is 11.3. The number of amides is 1. The zero-order chi connectivity index (χ0) is 15.4. The second kappa shape index (κ2) is 6.80. The number of nitrogens with one attached hydrogen (secondary N) is 1. The molecule has 0 spiro atoms. The third-order valence-corrected chi connectivity index (χ3v) is 4.13. The normalized spacial score (nSPS) is 17.6. The summed E-state index contributed by atoms with van der Waals surface area (Å²) >= 11 is 0. The van der Waals surface area contributed by atoms with Gasteiger partial charge in [-0.2, -0.15) is 0 Å². The van der Waals surface area contributed by atoms with Gasteiger partial charge >= 0.3 is 0 Å². The molecule has 0 radical (unpaired) electrons. The monoisotopic (exact) mass is 292 g/mol. The number of nitrogens with zero attached hydrogens (tertiary/aromatic N) is 1.